The lowest BCUT2D eigenvalue weighted by Gasteiger charge is -2.33. The van der Waals surface area contributed by atoms with E-state index >= 15 is 0 Å². The van der Waals surface area contributed by atoms with Crippen LogP contribution in [0.25, 0.3) is 21.7 Å². The van der Waals surface area contributed by atoms with Crippen LogP contribution in [0.3, 0.4) is 0 Å². The second-order valence-electron chi connectivity index (χ2n) is 8.43. The zero-order valence-electron chi connectivity index (χ0n) is 17.8. The number of amides is 1. The first-order valence-electron chi connectivity index (χ1n) is 10.6. The number of nitrogens with one attached hydrogen (secondary N) is 2. The van der Waals surface area contributed by atoms with Gasteiger partial charge in [-0.25, -0.2) is 22.0 Å². The van der Waals surface area contributed by atoms with Gasteiger partial charge in [0.25, 0.3) is 17.9 Å². The minimum Gasteiger partial charge on any atom is -0.351 e. The van der Waals surface area contributed by atoms with Crippen molar-refractivity contribution >= 4 is 27.6 Å². The summed E-state index contributed by atoms with van der Waals surface area (Å²) in [7, 11) is 1.52. The van der Waals surface area contributed by atoms with Crippen LogP contribution in [-0.4, -0.2) is 27.8 Å². The molecule has 0 unspecified atom stereocenters. The molecule has 176 valence electrons. The molecule has 0 saturated carbocycles. The summed E-state index contributed by atoms with van der Waals surface area (Å²) in [6.07, 6.45) is -1.37. The first-order valence-corrected chi connectivity index (χ1v) is 10.6. The number of aromatic amines is 2. The van der Waals surface area contributed by atoms with E-state index < -0.39 is 46.9 Å². The van der Waals surface area contributed by atoms with Gasteiger partial charge in [-0.15, -0.1) is 0 Å². The van der Waals surface area contributed by atoms with Crippen molar-refractivity contribution in [2.45, 2.75) is 31.7 Å². The van der Waals surface area contributed by atoms with E-state index in [1.54, 1.807) is 0 Å². The minimum atomic E-state index is -3.01. The first kappa shape index (κ1) is 22.1. The van der Waals surface area contributed by atoms with E-state index in [0.29, 0.717) is 30.5 Å². The molecule has 0 spiro atoms. The predicted molar refractivity (Wildman–Crippen MR) is 115 cm³/mol. The Morgan fingerprint density at radius 2 is 1.71 bits per heavy atom. The molecular weight excluding hydrogens is 457 g/mol. The number of hydrogen-bond donors (Lipinski definition) is 2. The van der Waals surface area contributed by atoms with Crippen LogP contribution in [0.4, 0.5) is 22.0 Å². The Balaban J connectivity index is 1.58. The van der Waals surface area contributed by atoms with Gasteiger partial charge in [-0.2, -0.15) is 0 Å². The number of carbonyl (C=O) groups excluding carboxylic acids is 1. The standard InChI is InChI=1S/C24H18F5N3O2/c1-32(24(34)19-6-10-5-14(25)13(22(28)29)9-18(10)30-19)20-4-2-3-17-21(20)11-7-15(26)16(27)8-12(11)23(33)31-17/h5-9,20,22,30H,2-4H2,1H3,(H,31,33)/t20-/m1/s1. The number of benzene rings is 2. The largest absolute Gasteiger partial charge is 0.351 e. The van der Waals surface area contributed by atoms with Gasteiger partial charge in [-0.1, -0.05) is 0 Å². The molecule has 2 heterocycles. The fourth-order valence-electron chi connectivity index (χ4n) is 4.76. The smallest absolute Gasteiger partial charge is 0.270 e. The maximum atomic E-state index is 14.1. The highest BCUT2D eigenvalue weighted by Crippen LogP contribution is 2.38. The number of aryl methyl sites for hydroxylation is 1. The van der Waals surface area contributed by atoms with E-state index in [9.17, 15) is 31.5 Å². The van der Waals surface area contributed by atoms with E-state index in [-0.39, 0.29) is 27.4 Å². The number of H-pyrrole nitrogens is 2. The minimum absolute atomic E-state index is 0.0222. The zero-order chi connectivity index (χ0) is 24.3. The number of aromatic nitrogens is 2. The molecule has 1 aliphatic carbocycles. The Labute approximate surface area is 189 Å². The first-order chi connectivity index (χ1) is 16.2. The number of hydrogen-bond acceptors (Lipinski definition) is 2. The highest BCUT2D eigenvalue weighted by molar-refractivity contribution is 5.98. The van der Waals surface area contributed by atoms with Crippen LogP contribution in [0.1, 0.15) is 52.6 Å². The van der Waals surface area contributed by atoms with Crippen molar-refractivity contribution in [2.75, 3.05) is 7.05 Å². The van der Waals surface area contributed by atoms with Gasteiger partial charge >= 0.3 is 0 Å². The molecule has 0 fully saturated rings. The van der Waals surface area contributed by atoms with Gasteiger partial charge in [0, 0.05) is 29.2 Å². The third kappa shape index (κ3) is 3.44. The fourth-order valence-corrected chi connectivity index (χ4v) is 4.76. The van der Waals surface area contributed by atoms with Gasteiger partial charge in [0.15, 0.2) is 11.6 Å². The lowest BCUT2D eigenvalue weighted by atomic mass is 9.86. The summed E-state index contributed by atoms with van der Waals surface area (Å²) >= 11 is 0. The van der Waals surface area contributed by atoms with E-state index in [2.05, 4.69) is 9.97 Å². The predicted octanol–water partition coefficient (Wildman–Crippen LogP) is 5.51. The maximum absolute atomic E-state index is 14.1. The van der Waals surface area contributed by atoms with E-state index in [4.69, 9.17) is 0 Å². The number of carbonyl (C=O) groups is 1. The Hall–Kier alpha value is -3.69. The molecule has 1 aliphatic rings. The van der Waals surface area contributed by atoms with Crippen LogP contribution in [0.5, 0.6) is 0 Å². The molecule has 1 amide bonds. The topological polar surface area (TPSA) is 69.0 Å². The third-order valence-electron chi connectivity index (χ3n) is 6.41. The summed E-state index contributed by atoms with van der Waals surface area (Å²) < 4.78 is 67.9. The van der Waals surface area contributed by atoms with Crippen LogP contribution in [0.2, 0.25) is 0 Å². The average Bonchev–Trinajstić information content (AvgIpc) is 3.21. The van der Waals surface area contributed by atoms with Crippen molar-refractivity contribution < 1.29 is 26.7 Å². The highest BCUT2D eigenvalue weighted by atomic mass is 19.3. The third-order valence-corrected chi connectivity index (χ3v) is 6.41. The molecule has 5 nitrogen and oxygen atoms in total. The van der Waals surface area contributed by atoms with Gasteiger partial charge < -0.3 is 14.9 Å². The number of fused-ring (bicyclic) bond motifs is 4. The number of rotatable bonds is 3. The zero-order valence-corrected chi connectivity index (χ0v) is 17.8. The SMILES string of the molecule is CN(C(=O)c1cc2cc(F)c(C(F)F)cc2[nH]1)[C@@H]1CCCc2[nH]c(=O)c3cc(F)c(F)cc3c21. The number of nitrogens with zero attached hydrogens (tertiary/aromatic N) is 1. The van der Waals surface area contributed by atoms with Gasteiger partial charge in [0.05, 0.1) is 17.0 Å². The highest BCUT2D eigenvalue weighted by Gasteiger charge is 2.31. The number of alkyl halides is 2. The Bertz CT molecular complexity index is 1530. The van der Waals surface area contributed by atoms with Gasteiger partial charge in [0.1, 0.15) is 11.5 Å². The molecule has 1 atom stereocenters. The van der Waals surface area contributed by atoms with E-state index in [1.807, 2.05) is 0 Å². The molecule has 0 aliphatic heterocycles. The lowest BCUT2D eigenvalue weighted by molar-refractivity contribution is 0.0710. The van der Waals surface area contributed by atoms with Crippen molar-refractivity contribution in [1.29, 1.82) is 0 Å². The van der Waals surface area contributed by atoms with E-state index in [1.165, 1.54) is 18.0 Å². The summed E-state index contributed by atoms with van der Waals surface area (Å²) in [5.74, 6) is -3.83. The molecule has 34 heavy (non-hydrogen) atoms. The van der Waals surface area contributed by atoms with Crippen LogP contribution < -0.4 is 5.56 Å². The fraction of sp³-hybridized carbons (Fsp3) is 0.250. The Kier molecular flexibility index (Phi) is 5.18. The second kappa shape index (κ2) is 7.96. The summed E-state index contributed by atoms with van der Waals surface area (Å²) in [6.45, 7) is 0. The molecule has 0 saturated heterocycles. The Morgan fingerprint density at radius 1 is 1.00 bits per heavy atom. The monoisotopic (exact) mass is 475 g/mol. The van der Waals surface area contributed by atoms with Crippen LogP contribution >= 0.6 is 0 Å². The van der Waals surface area contributed by atoms with E-state index in [0.717, 1.165) is 24.3 Å². The summed E-state index contributed by atoms with van der Waals surface area (Å²) in [6, 6.07) is 4.51. The lowest BCUT2D eigenvalue weighted by Crippen LogP contribution is -2.34. The van der Waals surface area contributed by atoms with Gasteiger partial charge in [0.2, 0.25) is 0 Å². The molecule has 0 bridgehead atoms. The van der Waals surface area contributed by atoms with Crippen molar-refractivity contribution in [3.05, 3.63) is 80.7 Å². The van der Waals surface area contributed by atoms with Crippen molar-refractivity contribution in [2.24, 2.45) is 0 Å². The van der Waals surface area contributed by atoms with Gasteiger partial charge in [-0.05, 0) is 55.0 Å². The van der Waals surface area contributed by atoms with Crippen LogP contribution in [0, 0.1) is 17.5 Å². The average molecular weight is 475 g/mol. The normalized spacial score (nSPS) is 15.8. The summed E-state index contributed by atoms with van der Waals surface area (Å²) in [5.41, 5.74) is -0.00832. The molecule has 0 radical (unpaired) electrons. The quantitative estimate of drug-likeness (QED) is 0.384. The molecule has 2 aromatic carbocycles. The molecule has 2 N–H and O–H groups in total. The Morgan fingerprint density at radius 3 is 2.41 bits per heavy atom. The molecule has 4 aromatic rings. The summed E-state index contributed by atoms with van der Waals surface area (Å²) in [5, 5.41) is 0.461. The van der Waals surface area contributed by atoms with Crippen LogP contribution in [-0.2, 0) is 6.42 Å². The van der Waals surface area contributed by atoms with Gasteiger partial charge in [-0.3, -0.25) is 9.59 Å². The van der Waals surface area contributed by atoms with Crippen molar-refractivity contribution in [3.8, 4) is 0 Å². The second-order valence-corrected chi connectivity index (χ2v) is 8.43. The van der Waals surface area contributed by atoms with Crippen LogP contribution in [0.15, 0.2) is 35.1 Å². The molecular formula is C24H18F5N3O2. The maximum Gasteiger partial charge on any atom is 0.270 e. The van der Waals surface area contributed by atoms with Crippen molar-refractivity contribution in [3.63, 3.8) is 0 Å². The molecule has 10 heteroatoms. The summed E-state index contributed by atoms with van der Waals surface area (Å²) in [4.78, 5) is 32.6. The number of pyridine rings is 1. The number of halogens is 5. The molecule has 5 rings (SSSR count). The molecule has 2 aromatic heterocycles. The van der Waals surface area contributed by atoms with Crippen molar-refractivity contribution in [1.82, 2.24) is 14.9 Å².